The summed E-state index contributed by atoms with van der Waals surface area (Å²) in [5.74, 6) is -1.60. The van der Waals surface area contributed by atoms with Crippen LogP contribution in [0.5, 0.6) is 0 Å². The predicted octanol–water partition coefficient (Wildman–Crippen LogP) is 1.98. The minimum Gasteiger partial charge on any atom is -0.481 e. The van der Waals surface area contributed by atoms with Crippen molar-refractivity contribution in [3.8, 4) is 0 Å². The lowest BCUT2D eigenvalue weighted by Gasteiger charge is -2.23. The number of hydrogen-bond donors (Lipinski definition) is 1. The fourth-order valence-corrected chi connectivity index (χ4v) is 2.86. The number of carboxylic acids is 1. The van der Waals surface area contributed by atoms with Gasteiger partial charge in [-0.05, 0) is 24.8 Å². The maximum absolute atomic E-state index is 12.4. The van der Waals surface area contributed by atoms with Crippen molar-refractivity contribution in [2.45, 2.75) is 26.3 Å². The summed E-state index contributed by atoms with van der Waals surface area (Å²) in [6.07, 6.45) is 4.40. The number of rotatable bonds is 4. The molecule has 0 spiro atoms. The lowest BCUT2D eigenvalue weighted by Crippen LogP contribution is -2.36. The van der Waals surface area contributed by atoms with Crippen molar-refractivity contribution in [1.29, 1.82) is 0 Å². The van der Waals surface area contributed by atoms with Gasteiger partial charge in [0.25, 0.3) is 0 Å². The van der Waals surface area contributed by atoms with Crippen LogP contribution in [0.1, 0.15) is 25.3 Å². The Hall–Kier alpha value is -1.78. The Bertz CT molecular complexity index is 454. The van der Waals surface area contributed by atoms with E-state index in [2.05, 4.69) is 0 Å². The number of aliphatic carboxylic acids is 1. The summed E-state index contributed by atoms with van der Waals surface area (Å²) >= 11 is 0. The van der Waals surface area contributed by atoms with Crippen molar-refractivity contribution in [2.24, 2.45) is 17.8 Å². The van der Waals surface area contributed by atoms with Crippen molar-refractivity contribution < 1.29 is 19.1 Å². The topological polar surface area (TPSA) is 70.8 Å². The number of carbonyl (C=O) groups is 2. The number of amides is 1. The van der Waals surface area contributed by atoms with Gasteiger partial charge in [-0.2, -0.15) is 0 Å². The molecule has 1 aromatic rings. The second-order valence-corrected chi connectivity index (χ2v) is 5.45. The van der Waals surface area contributed by atoms with E-state index in [1.807, 2.05) is 6.92 Å². The Morgan fingerprint density at radius 2 is 2.11 bits per heavy atom. The van der Waals surface area contributed by atoms with Crippen molar-refractivity contribution in [1.82, 2.24) is 4.90 Å². The fourth-order valence-electron chi connectivity index (χ4n) is 2.86. The molecule has 2 rings (SSSR count). The van der Waals surface area contributed by atoms with E-state index in [9.17, 15) is 14.7 Å². The molecule has 1 aliphatic carbocycles. The van der Waals surface area contributed by atoms with Gasteiger partial charge < -0.3 is 14.4 Å². The van der Waals surface area contributed by atoms with Crippen LogP contribution in [0.2, 0.25) is 0 Å². The Morgan fingerprint density at radius 1 is 1.42 bits per heavy atom. The molecule has 1 amide bonds. The number of nitrogens with zero attached hydrogens (tertiary/aromatic N) is 1. The van der Waals surface area contributed by atoms with E-state index in [1.165, 1.54) is 0 Å². The minimum atomic E-state index is -0.862. The van der Waals surface area contributed by atoms with E-state index in [0.717, 1.165) is 5.56 Å². The summed E-state index contributed by atoms with van der Waals surface area (Å²) < 4.78 is 4.96. The molecule has 0 radical (unpaired) electrons. The first-order chi connectivity index (χ1) is 8.99. The Morgan fingerprint density at radius 3 is 2.68 bits per heavy atom. The highest BCUT2D eigenvalue weighted by Gasteiger charge is 2.42. The van der Waals surface area contributed by atoms with Gasteiger partial charge in [-0.1, -0.05) is 6.92 Å². The van der Waals surface area contributed by atoms with Crippen LogP contribution in [0.4, 0.5) is 0 Å². The number of carbonyl (C=O) groups excluding carboxylic acids is 1. The third-order valence-corrected chi connectivity index (χ3v) is 3.81. The van der Waals surface area contributed by atoms with Crippen LogP contribution in [-0.2, 0) is 16.1 Å². The zero-order valence-corrected chi connectivity index (χ0v) is 11.2. The second kappa shape index (κ2) is 5.47. The maximum atomic E-state index is 12.4. The van der Waals surface area contributed by atoms with Gasteiger partial charge in [0.05, 0.1) is 24.4 Å². The van der Waals surface area contributed by atoms with Gasteiger partial charge in [0, 0.05) is 19.2 Å². The minimum absolute atomic E-state index is 0.0852. The fraction of sp³-hybridized carbons (Fsp3) is 0.571. The van der Waals surface area contributed by atoms with E-state index < -0.39 is 17.8 Å². The smallest absolute Gasteiger partial charge is 0.307 e. The number of furan rings is 1. The van der Waals surface area contributed by atoms with Gasteiger partial charge in [0.1, 0.15) is 0 Å². The molecule has 1 aromatic heterocycles. The first-order valence-electron chi connectivity index (χ1n) is 6.48. The first kappa shape index (κ1) is 13.6. The standard InChI is InChI=1S/C14H19NO4/c1-9-5-11(12(6-9)14(17)18)13(16)15(2)7-10-3-4-19-8-10/h3-4,8-9,11-12H,5-7H2,1-2H3,(H,17,18)/t9?,11-,12+/m0/s1. The molecule has 1 heterocycles. The largest absolute Gasteiger partial charge is 0.481 e. The van der Waals surface area contributed by atoms with Gasteiger partial charge in [-0.3, -0.25) is 9.59 Å². The summed E-state index contributed by atoms with van der Waals surface area (Å²) in [5.41, 5.74) is 0.911. The third-order valence-electron chi connectivity index (χ3n) is 3.81. The zero-order chi connectivity index (χ0) is 14.0. The monoisotopic (exact) mass is 265 g/mol. The van der Waals surface area contributed by atoms with Crippen LogP contribution < -0.4 is 0 Å². The number of hydrogen-bond acceptors (Lipinski definition) is 3. The summed E-state index contributed by atoms with van der Waals surface area (Å²) in [7, 11) is 1.71. The Kier molecular flexibility index (Phi) is 3.93. The molecular weight excluding hydrogens is 246 g/mol. The predicted molar refractivity (Wildman–Crippen MR) is 68.2 cm³/mol. The molecular formula is C14H19NO4. The van der Waals surface area contributed by atoms with Gasteiger partial charge in [0.15, 0.2) is 0 Å². The van der Waals surface area contributed by atoms with Crippen molar-refractivity contribution in [3.05, 3.63) is 24.2 Å². The van der Waals surface area contributed by atoms with E-state index in [4.69, 9.17) is 4.42 Å². The van der Waals surface area contributed by atoms with Gasteiger partial charge >= 0.3 is 5.97 Å². The summed E-state index contributed by atoms with van der Waals surface area (Å²) in [4.78, 5) is 25.2. The van der Waals surface area contributed by atoms with Crippen molar-refractivity contribution in [2.75, 3.05) is 7.05 Å². The van der Waals surface area contributed by atoms with Gasteiger partial charge in [-0.15, -0.1) is 0 Å². The van der Waals surface area contributed by atoms with Crippen LogP contribution in [-0.4, -0.2) is 28.9 Å². The Labute approximate surface area is 112 Å². The first-order valence-corrected chi connectivity index (χ1v) is 6.48. The summed E-state index contributed by atoms with van der Waals surface area (Å²) in [5, 5.41) is 9.20. The normalized spacial score (nSPS) is 26.3. The summed E-state index contributed by atoms with van der Waals surface area (Å²) in [6.45, 7) is 2.45. The third kappa shape index (κ3) is 2.97. The SMILES string of the molecule is CC1C[C@H](C(=O)N(C)Cc2ccoc2)[C@H](C(=O)O)C1. The molecule has 19 heavy (non-hydrogen) atoms. The molecule has 1 fully saturated rings. The molecule has 1 saturated carbocycles. The van der Waals surface area contributed by atoms with E-state index in [0.29, 0.717) is 19.4 Å². The molecule has 0 saturated heterocycles. The average molecular weight is 265 g/mol. The van der Waals surface area contributed by atoms with Crippen LogP contribution in [0.15, 0.2) is 23.0 Å². The van der Waals surface area contributed by atoms with E-state index in [-0.39, 0.29) is 11.8 Å². The zero-order valence-electron chi connectivity index (χ0n) is 11.2. The molecule has 5 nitrogen and oxygen atoms in total. The van der Waals surface area contributed by atoms with Crippen LogP contribution in [0.3, 0.4) is 0 Å². The molecule has 0 bridgehead atoms. The molecule has 104 valence electrons. The van der Waals surface area contributed by atoms with Crippen LogP contribution in [0, 0.1) is 17.8 Å². The van der Waals surface area contributed by atoms with E-state index >= 15 is 0 Å². The molecule has 0 aliphatic heterocycles. The highest BCUT2D eigenvalue weighted by atomic mass is 16.4. The molecule has 5 heteroatoms. The average Bonchev–Trinajstić information content (AvgIpc) is 2.97. The molecule has 1 N–H and O–H groups in total. The maximum Gasteiger partial charge on any atom is 0.307 e. The van der Waals surface area contributed by atoms with E-state index in [1.54, 1.807) is 30.5 Å². The lowest BCUT2D eigenvalue weighted by molar-refractivity contribution is -0.148. The summed E-state index contributed by atoms with van der Waals surface area (Å²) in [6, 6.07) is 1.80. The number of carboxylic acid groups (broad SMARTS) is 1. The van der Waals surface area contributed by atoms with Crippen molar-refractivity contribution in [3.63, 3.8) is 0 Å². The Balaban J connectivity index is 2.03. The lowest BCUT2D eigenvalue weighted by atomic mass is 9.95. The molecule has 0 aromatic carbocycles. The molecule has 1 unspecified atom stereocenters. The van der Waals surface area contributed by atoms with Crippen molar-refractivity contribution >= 4 is 11.9 Å². The highest BCUT2D eigenvalue weighted by Crippen LogP contribution is 2.37. The second-order valence-electron chi connectivity index (χ2n) is 5.45. The van der Waals surface area contributed by atoms with Crippen LogP contribution in [0.25, 0.3) is 0 Å². The molecule has 3 atom stereocenters. The van der Waals surface area contributed by atoms with Gasteiger partial charge in [0.2, 0.25) is 5.91 Å². The quantitative estimate of drug-likeness (QED) is 0.903. The van der Waals surface area contributed by atoms with Gasteiger partial charge in [-0.25, -0.2) is 0 Å². The highest BCUT2D eigenvalue weighted by molar-refractivity contribution is 5.85. The molecule has 1 aliphatic rings. The van der Waals surface area contributed by atoms with Crippen LogP contribution >= 0.6 is 0 Å².